The molecule has 0 spiro atoms. The van der Waals surface area contributed by atoms with E-state index in [1.54, 1.807) is 45.9 Å². The molecule has 4 rings (SSSR count). The van der Waals surface area contributed by atoms with Crippen molar-refractivity contribution in [1.82, 2.24) is 14.8 Å². The van der Waals surface area contributed by atoms with Gasteiger partial charge in [0.25, 0.3) is 5.56 Å². The van der Waals surface area contributed by atoms with E-state index in [-0.39, 0.29) is 36.4 Å². The molecule has 0 aliphatic carbocycles. The molecule has 1 aliphatic heterocycles. The first kappa shape index (κ1) is 37.6. The molecular formula is C35H38F7N3O4. The summed E-state index contributed by atoms with van der Waals surface area (Å²) in [4.78, 5) is 41.0. The van der Waals surface area contributed by atoms with Crippen LogP contribution in [0.5, 0.6) is 0 Å². The van der Waals surface area contributed by atoms with Gasteiger partial charge < -0.3 is 19.9 Å². The number of nitrogens with zero attached hydrogens (tertiary/aromatic N) is 2. The van der Waals surface area contributed by atoms with E-state index in [4.69, 9.17) is 0 Å². The molecule has 2 heterocycles. The Bertz CT molecular complexity index is 1740. The maximum Gasteiger partial charge on any atom is 0.419 e. The summed E-state index contributed by atoms with van der Waals surface area (Å²) in [5.74, 6) is -4.75. The van der Waals surface area contributed by atoms with Crippen LogP contribution in [-0.4, -0.2) is 46.1 Å². The molecule has 0 saturated carbocycles. The highest BCUT2D eigenvalue weighted by Crippen LogP contribution is 2.40. The lowest BCUT2D eigenvalue weighted by Crippen LogP contribution is -2.41. The summed E-state index contributed by atoms with van der Waals surface area (Å²) in [5, 5.41) is 12.0. The predicted octanol–water partition coefficient (Wildman–Crippen LogP) is 7.48. The number of carboxylic acids is 1. The fourth-order valence-corrected chi connectivity index (χ4v) is 6.18. The van der Waals surface area contributed by atoms with E-state index in [2.05, 4.69) is 5.32 Å². The summed E-state index contributed by atoms with van der Waals surface area (Å²) < 4.78 is 101. The van der Waals surface area contributed by atoms with Crippen LogP contribution in [0.15, 0.2) is 47.4 Å². The van der Waals surface area contributed by atoms with Gasteiger partial charge in [-0.3, -0.25) is 14.4 Å². The van der Waals surface area contributed by atoms with Crippen LogP contribution in [0, 0.1) is 25.6 Å². The summed E-state index contributed by atoms with van der Waals surface area (Å²) >= 11 is 0. The number of carbonyl (C=O) groups excluding carboxylic acids is 1. The Morgan fingerprint density at radius 1 is 0.959 bits per heavy atom. The zero-order valence-electron chi connectivity index (χ0n) is 27.4. The Kier molecular flexibility index (Phi) is 11.3. The van der Waals surface area contributed by atoms with Crippen LogP contribution in [0.25, 0.3) is 11.1 Å². The van der Waals surface area contributed by atoms with Gasteiger partial charge in [-0.1, -0.05) is 32.0 Å². The zero-order chi connectivity index (χ0) is 36.4. The number of pyridine rings is 1. The number of alkyl halides is 6. The third-order valence-corrected chi connectivity index (χ3v) is 8.69. The van der Waals surface area contributed by atoms with Crippen LogP contribution in [0.2, 0.25) is 0 Å². The second-order valence-electron chi connectivity index (χ2n) is 12.9. The monoisotopic (exact) mass is 697 g/mol. The van der Waals surface area contributed by atoms with Crippen molar-refractivity contribution in [3.63, 3.8) is 0 Å². The van der Waals surface area contributed by atoms with Crippen LogP contribution >= 0.6 is 0 Å². The number of amides is 1. The maximum atomic E-state index is 15.8. The first-order valence-electron chi connectivity index (χ1n) is 15.8. The number of likely N-dealkylation sites (tertiary alicyclic amines) is 1. The van der Waals surface area contributed by atoms with Crippen molar-refractivity contribution in [2.75, 3.05) is 19.6 Å². The van der Waals surface area contributed by atoms with Crippen LogP contribution < -0.4 is 10.9 Å². The van der Waals surface area contributed by atoms with Crippen molar-refractivity contribution < 1.29 is 45.4 Å². The molecule has 0 unspecified atom stereocenters. The highest BCUT2D eigenvalue weighted by Gasteiger charge is 2.39. The fourth-order valence-electron chi connectivity index (χ4n) is 6.18. The Balaban J connectivity index is 1.83. The lowest BCUT2D eigenvalue weighted by Gasteiger charge is -2.31. The number of nitrogens with one attached hydrogen (secondary N) is 1. The lowest BCUT2D eigenvalue weighted by atomic mass is 9.90. The third-order valence-electron chi connectivity index (χ3n) is 8.69. The van der Waals surface area contributed by atoms with Gasteiger partial charge in [-0.05, 0) is 92.1 Å². The van der Waals surface area contributed by atoms with Crippen LogP contribution in [0.3, 0.4) is 0 Å². The molecule has 14 heteroatoms. The van der Waals surface area contributed by atoms with Gasteiger partial charge in [0.1, 0.15) is 11.9 Å². The lowest BCUT2D eigenvalue weighted by molar-refractivity contribution is -0.140. The molecule has 1 aromatic heterocycles. The molecule has 2 atom stereocenters. The summed E-state index contributed by atoms with van der Waals surface area (Å²) in [6.07, 6.45) is -9.41. The number of carbonyl (C=O) groups is 2. The SMILES string of the molecule is Cc1cccc(C)c1-c1cc([C@H](CC(=O)O)NC(=O)[C@H](CC(C)C)n2cc(CCN3CCC3)c(C(F)(F)F)cc2=O)c(F)c(C(F)(F)F)c1. The summed E-state index contributed by atoms with van der Waals surface area (Å²) in [7, 11) is 0. The number of rotatable bonds is 12. The molecule has 3 aromatic rings. The smallest absolute Gasteiger partial charge is 0.419 e. The van der Waals surface area contributed by atoms with Gasteiger partial charge in [-0.2, -0.15) is 26.3 Å². The molecule has 1 amide bonds. The molecular weight excluding hydrogens is 659 g/mol. The van der Waals surface area contributed by atoms with Crippen LogP contribution in [-0.2, 0) is 28.4 Å². The Morgan fingerprint density at radius 2 is 1.57 bits per heavy atom. The number of aliphatic carboxylic acids is 1. The second kappa shape index (κ2) is 14.7. The van der Waals surface area contributed by atoms with Crippen molar-refractivity contribution in [3.05, 3.63) is 92.1 Å². The normalized spacial score (nSPS) is 15.2. The van der Waals surface area contributed by atoms with Gasteiger partial charge >= 0.3 is 18.3 Å². The topological polar surface area (TPSA) is 91.6 Å². The van der Waals surface area contributed by atoms with Crippen molar-refractivity contribution >= 4 is 11.9 Å². The van der Waals surface area contributed by atoms with E-state index in [1.165, 1.54) is 0 Å². The Morgan fingerprint density at radius 3 is 2.08 bits per heavy atom. The molecule has 49 heavy (non-hydrogen) atoms. The van der Waals surface area contributed by atoms with Crippen molar-refractivity contribution in [3.8, 4) is 11.1 Å². The quantitative estimate of drug-likeness (QED) is 0.192. The second-order valence-corrected chi connectivity index (χ2v) is 12.9. The van der Waals surface area contributed by atoms with Gasteiger partial charge in [0.05, 0.1) is 23.6 Å². The first-order chi connectivity index (χ1) is 22.8. The molecule has 1 fully saturated rings. The minimum absolute atomic E-state index is 0.0616. The highest BCUT2D eigenvalue weighted by molar-refractivity contribution is 5.82. The van der Waals surface area contributed by atoms with Gasteiger partial charge in [0.2, 0.25) is 5.91 Å². The first-order valence-corrected chi connectivity index (χ1v) is 15.8. The Labute approximate surface area is 278 Å². The minimum Gasteiger partial charge on any atom is -0.481 e. The average Bonchev–Trinajstić information content (AvgIpc) is 2.94. The van der Waals surface area contributed by atoms with Gasteiger partial charge in [0.15, 0.2) is 0 Å². The molecule has 2 N–H and O–H groups in total. The van der Waals surface area contributed by atoms with Gasteiger partial charge in [-0.25, -0.2) is 4.39 Å². The number of carboxylic acid groups (broad SMARTS) is 1. The van der Waals surface area contributed by atoms with E-state index >= 15 is 4.39 Å². The van der Waals surface area contributed by atoms with E-state index in [1.807, 2.05) is 4.90 Å². The van der Waals surface area contributed by atoms with E-state index in [0.717, 1.165) is 23.3 Å². The molecule has 0 bridgehead atoms. The van der Waals surface area contributed by atoms with Crippen molar-refractivity contribution in [2.24, 2.45) is 5.92 Å². The maximum absolute atomic E-state index is 15.8. The minimum atomic E-state index is -5.19. The summed E-state index contributed by atoms with van der Waals surface area (Å²) in [6, 6.07) is 3.72. The number of hydrogen-bond donors (Lipinski definition) is 2. The van der Waals surface area contributed by atoms with E-state index in [9.17, 15) is 45.8 Å². The predicted molar refractivity (Wildman–Crippen MR) is 168 cm³/mol. The number of hydrogen-bond acceptors (Lipinski definition) is 4. The number of halogens is 7. The fraction of sp³-hybridized carbons (Fsp3) is 0.457. The van der Waals surface area contributed by atoms with E-state index in [0.29, 0.717) is 41.9 Å². The molecule has 1 aliphatic rings. The largest absolute Gasteiger partial charge is 0.481 e. The molecule has 0 radical (unpaired) electrons. The van der Waals surface area contributed by atoms with Crippen molar-refractivity contribution in [1.29, 1.82) is 0 Å². The molecule has 7 nitrogen and oxygen atoms in total. The molecule has 266 valence electrons. The van der Waals surface area contributed by atoms with Gasteiger partial charge in [-0.15, -0.1) is 0 Å². The summed E-state index contributed by atoms with van der Waals surface area (Å²) in [5.41, 5.74) is -3.53. The van der Waals surface area contributed by atoms with Crippen molar-refractivity contribution in [2.45, 2.75) is 77.8 Å². The Hall–Kier alpha value is -4.20. The standard InChI is InChI=1S/C35H38F7N3O4/c1-19(2)13-28(45-18-22(9-12-44-10-6-11-44)25(16-29(45)46)34(37,38)39)33(49)43-27(17-30(47)48)24-14-23(15-26(32(24)36)35(40,41)42)31-20(3)7-5-8-21(31)4/h5,7-8,14-16,18-19,27-28H,6,9-13,17H2,1-4H3,(H,43,49)(H,47,48)/t27-,28-/m0/s1. The highest BCUT2D eigenvalue weighted by atomic mass is 19.4. The van der Waals surface area contributed by atoms with Crippen LogP contribution in [0.1, 0.15) is 78.6 Å². The van der Waals surface area contributed by atoms with Crippen LogP contribution in [0.4, 0.5) is 30.7 Å². The summed E-state index contributed by atoms with van der Waals surface area (Å²) in [6.45, 7) is 8.34. The number of benzene rings is 2. The third kappa shape index (κ3) is 8.89. The number of aromatic nitrogens is 1. The molecule has 1 saturated heterocycles. The average molecular weight is 698 g/mol. The molecule has 2 aromatic carbocycles. The van der Waals surface area contributed by atoms with Gasteiger partial charge in [0, 0.05) is 24.4 Å². The van der Waals surface area contributed by atoms with E-state index < -0.39 is 70.8 Å². The number of aryl methyl sites for hydroxylation is 2. The zero-order valence-corrected chi connectivity index (χ0v) is 27.4.